The second-order valence-electron chi connectivity index (χ2n) is 4.57. The van der Waals surface area contributed by atoms with Crippen LogP contribution in [0.25, 0.3) is 0 Å². The van der Waals surface area contributed by atoms with Gasteiger partial charge in [-0.25, -0.2) is 10.8 Å². The highest BCUT2D eigenvalue weighted by molar-refractivity contribution is 5.55. The summed E-state index contributed by atoms with van der Waals surface area (Å²) < 4.78 is 0. The lowest BCUT2D eigenvalue weighted by molar-refractivity contribution is -0.384. The predicted octanol–water partition coefficient (Wildman–Crippen LogP) is 1.76. The molecule has 0 saturated heterocycles. The fraction of sp³-hybridized carbons (Fsp3) is 0.545. The van der Waals surface area contributed by atoms with E-state index in [1.165, 1.54) is 12.1 Å². The standard InChI is InChI=1S/C11H19N5O2/c1-7(2)8(3)15(4)11-6-9(16(17)18)5-10(13-11)14-12/h5-8H,12H2,1-4H3,(H,13,14). The van der Waals surface area contributed by atoms with Gasteiger partial charge in [0.05, 0.1) is 17.1 Å². The van der Waals surface area contributed by atoms with Crippen LogP contribution in [0.15, 0.2) is 12.1 Å². The van der Waals surface area contributed by atoms with Crippen LogP contribution in [0.2, 0.25) is 0 Å². The van der Waals surface area contributed by atoms with Gasteiger partial charge in [0.15, 0.2) is 0 Å². The lowest BCUT2D eigenvalue weighted by Crippen LogP contribution is -2.34. The van der Waals surface area contributed by atoms with E-state index in [2.05, 4.69) is 24.3 Å². The zero-order valence-electron chi connectivity index (χ0n) is 11.0. The Morgan fingerprint density at radius 3 is 2.50 bits per heavy atom. The van der Waals surface area contributed by atoms with E-state index in [9.17, 15) is 10.1 Å². The number of rotatable bonds is 5. The molecule has 0 amide bonds. The van der Waals surface area contributed by atoms with Gasteiger partial charge in [-0.15, -0.1) is 0 Å². The number of hydrazine groups is 1. The van der Waals surface area contributed by atoms with Crippen molar-refractivity contribution in [3.63, 3.8) is 0 Å². The van der Waals surface area contributed by atoms with E-state index in [1.807, 2.05) is 18.9 Å². The molecule has 0 fully saturated rings. The van der Waals surface area contributed by atoms with Crippen molar-refractivity contribution >= 4 is 17.3 Å². The largest absolute Gasteiger partial charge is 0.356 e. The van der Waals surface area contributed by atoms with Crippen molar-refractivity contribution in [3.8, 4) is 0 Å². The number of hydrogen-bond donors (Lipinski definition) is 2. The van der Waals surface area contributed by atoms with Crippen molar-refractivity contribution in [2.75, 3.05) is 17.4 Å². The Hall–Kier alpha value is -1.89. The first-order chi connectivity index (χ1) is 8.36. The van der Waals surface area contributed by atoms with Crippen molar-refractivity contribution in [2.45, 2.75) is 26.8 Å². The summed E-state index contributed by atoms with van der Waals surface area (Å²) >= 11 is 0. The molecular weight excluding hydrogens is 234 g/mol. The van der Waals surface area contributed by atoms with Gasteiger partial charge in [0.2, 0.25) is 0 Å². The highest BCUT2D eigenvalue weighted by Crippen LogP contribution is 2.24. The molecule has 1 heterocycles. The van der Waals surface area contributed by atoms with Gasteiger partial charge in [-0.1, -0.05) is 13.8 Å². The Morgan fingerprint density at radius 2 is 2.06 bits per heavy atom. The van der Waals surface area contributed by atoms with E-state index >= 15 is 0 Å². The molecule has 0 aliphatic heterocycles. The lowest BCUT2D eigenvalue weighted by atomic mass is 10.1. The van der Waals surface area contributed by atoms with Crippen molar-refractivity contribution in [3.05, 3.63) is 22.2 Å². The first-order valence-electron chi connectivity index (χ1n) is 5.72. The van der Waals surface area contributed by atoms with Gasteiger partial charge in [0.25, 0.3) is 5.69 Å². The van der Waals surface area contributed by atoms with Crippen LogP contribution in [0.5, 0.6) is 0 Å². The Labute approximate surface area is 106 Å². The maximum absolute atomic E-state index is 10.8. The van der Waals surface area contributed by atoms with Crippen molar-refractivity contribution in [1.82, 2.24) is 4.98 Å². The summed E-state index contributed by atoms with van der Waals surface area (Å²) in [6, 6.07) is 2.96. The third-order valence-electron chi connectivity index (χ3n) is 3.09. The molecular formula is C11H19N5O2. The van der Waals surface area contributed by atoms with Gasteiger partial charge in [-0.05, 0) is 12.8 Å². The molecule has 0 spiro atoms. The maximum atomic E-state index is 10.8. The van der Waals surface area contributed by atoms with Gasteiger partial charge >= 0.3 is 0 Å². The minimum Gasteiger partial charge on any atom is -0.356 e. The minimum absolute atomic E-state index is 0.0317. The number of nitrogen functional groups attached to an aromatic ring is 1. The SMILES string of the molecule is CC(C)C(C)N(C)c1cc([N+](=O)[O-])cc(NN)n1. The van der Waals surface area contributed by atoms with Crippen LogP contribution in [0.4, 0.5) is 17.3 Å². The summed E-state index contributed by atoms with van der Waals surface area (Å²) in [4.78, 5) is 16.5. The molecule has 0 aliphatic carbocycles. The van der Waals surface area contributed by atoms with Gasteiger partial charge in [0, 0.05) is 13.1 Å². The van der Waals surface area contributed by atoms with Gasteiger partial charge in [-0.3, -0.25) is 10.1 Å². The van der Waals surface area contributed by atoms with Crippen molar-refractivity contribution in [1.29, 1.82) is 0 Å². The average molecular weight is 253 g/mol. The van der Waals surface area contributed by atoms with Crippen molar-refractivity contribution < 1.29 is 4.92 Å². The molecule has 7 heteroatoms. The molecule has 100 valence electrons. The van der Waals surface area contributed by atoms with Crippen molar-refractivity contribution in [2.24, 2.45) is 11.8 Å². The minimum atomic E-state index is -0.458. The molecule has 1 aromatic rings. The van der Waals surface area contributed by atoms with E-state index in [1.54, 1.807) is 0 Å². The Kier molecular flexibility index (Phi) is 4.43. The first kappa shape index (κ1) is 14.2. The third kappa shape index (κ3) is 3.07. The summed E-state index contributed by atoms with van der Waals surface area (Å²) in [6.45, 7) is 6.21. The van der Waals surface area contributed by atoms with Crippen LogP contribution in [-0.2, 0) is 0 Å². The highest BCUT2D eigenvalue weighted by atomic mass is 16.6. The predicted molar refractivity (Wildman–Crippen MR) is 71.4 cm³/mol. The number of nitrogens with two attached hydrogens (primary N) is 1. The zero-order valence-corrected chi connectivity index (χ0v) is 11.0. The topological polar surface area (TPSA) is 97.3 Å². The second-order valence-corrected chi connectivity index (χ2v) is 4.57. The van der Waals surface area contributed by atoms with E-state index in [4.69, 9.17) is 5.84 Å². The van der Waals surface area contributed by atoms with Crippen LogP contribution in [-0.4, -0.2) is 23.0 Å². The highest BCUT2D eigenvalue weighted by Gasteiger charge is 2.18. The molecule has 3 N–H and O–H groups in total. The fourth-order valence-corrected chi connectivity index (χ4v) is 1.52. The maximum Gasteiger partial charge on any atom is 0.276 e. The molecule has 7 nitrogen and oxygen atoms in total. The quantitative estimate of drug-likeness (QED) is 0.471. The number of anilines is 2. The molecule has 0 saturated carbocycles. The second kappa shape index (κ2) is 5.63. The van der Waals surface area contributed by atoms with E-state index in [0.717, 1.165) is 0 Å². The number of aromatic nitrogens is 1. The van der Waals surface area contributed by atoms with Crippen LogP contribution in [0.1, 0.15) is 20.8 Å². The molecule has 0 radical (unpaired) electrons. The smallest absolute Gasteiger partial charge is 0.276 e. The molecule has 0 aliphatic rings. The summed E-state index contributed by atoms with van der Waals surface area (Å²) in [5, 5.41) is 10.8. The number of pyridine rings is 1. The molecule has 1 rings (SSSR count). The summed E-state index contributed by atoms with van der Waals surface area (Å²) in [6.07, 6.45) is 0. The third-order valence-corrected chi connectivity index (χ3v) is 3.09. The monoisotopic (exact) mass is 253 g/mol. The molecule has 1 atom stereocenters. The number of nitrogens with one attached hydrogen (secondary N) is 1. The molecule has 0 bridgehead atoms. The van der Waals surface area contributed by atoms with Gasteiger partial charge in [0.1, 0.15) is 11.6 Å². The molecule has 1 aromatic heterocycles. The van der Waals surface area contributed by atoms with E-state index in [-0.39, 0.29) is 17.5 Å². The molecule has 18 heavy (non-hydrogen) atoms. The normalized spacial score (nSPS) is 12.3. The van der Waals surface area contributed by atoms with Crippen LogP contribution in [0.3, 0.4) is 0 Å². The van der Waals surface area contributed by atoms with Crippen LogP contribution < -0.4 is 16.2 Å². The zero-order chi connectivity index (χ0) is 13.9. The van der Waals surface area contributed by atoms with Crippen LogP contribution in [0, 0.1) is 16.0 Å². The molecule has 1 unspecified atom stereocenters. The summed E-state index contributed by atoms with van der Waals surface area (Å²) in [5.41, 5.74) is 2.31. The van der Waals surface area contributed by atoms with E-state index < -0.39 is 4.92 Å². The Balaban J connectivity index is 3.15. The summed E-state index contributed by atoms with van der Waals surface area (Å²) in [7, 11) is 1.86. The Morgan fingerprint density at radius 1 is 1.44 bits per heavy atom. The van der Waals surface area contributed by atoms with Gasteiger partial charge < -0.3 is 10.3 Å². The lowest BCUT2D eigenvalue weighted by Gasteiger charge is -2.29. The van der Waals surface area contributed by atoms with E-state index in [0.29, 0.717) is 11.7 Å². The number of hydrogen-bond acceptors (Lipinski definition) is 6. The average Bonchev–Trinajstić information content (AvgIpc) is 2.35. The summed E-state index contributed by atoms with van der Waals surface area (Å²) in [5.74, 6) is 6.48. The first-order valence-corrected chi connectivity index (χ1v) is 5.72. The van der Waals surface area contributed by atoms with Gasteiger partial charge in [-0.2, -0.15) is 0 Å². The van der Waals surface area contributed by atoms with Crippen LogP contribution >= 0.6 is 0 Å². The Bertz CT molecular complexity index is 435. The fourth-order valence-electron chi connectivity index (χ4n) is 1.52. The number of nitrogens with zero attached hydrogens (tertiary/aromatic N) is 3. The molecule has 0 aromatic carbocycles. The number of nitro groups is 1.